The number of fused-ring (bicyclic) bond motifs is 1. The summed E-state index contributed by atoms with van der Waals surface area (Å²) in [5.74, 6) is 0. The minimum absolute atomic E-state index is 0.676. The van der Waals surface area contributed by atoms with Crippen molar-refractivity contribution in [2.75, 3.05) is 4.43 Å². The van der Waals surface area contributed by atoms with Crippen LogP contribution >= 0.6 is 20.7 Å². The Morgan fingerprint density at radius 2 is 2.75 bits per heavy atom. The van der Waals surface area contributed by atoms with Crippen LogP contribution in [0.1, 0.15) is 13.3 Å². The molecule has 2 aliphatic heterocycles. The summed E-state index contributed by atoms with van der Waals surface area (Å²) in [6, 6.07) is 0. The van der Waals surface area contributed by atoms with Crippen LogP contribution in [-0.2, 0) is 0 Å². The van der Waals surface area contributed by atoms with E-state index in [-0.39, 0.29) is 0 Å². The summed E-state index contributed by atoms with van der Waals surface area (Å²) in [5.41, 5.74) is 0. The van der Waals surface area contributed by atoms with Gasteiger partial charge in [0.1, 0.15) is 0 Å². The number of hydrogen-bond donors (Lipinski definition) is 0. The monoisotopic (exact) mass is 335 g/mol. The first kappa shape index (κ1) is 6.07. The second-order valence-electron chi connectivity index (χ2n) is 2.17. The number of alkyl halides is 3. The van der Waals surface area contributed by atoms with Crippen molar-refractivity contribution < 1.29 is 21.2 Å². The standard InChI is InChI=1S/C6H9I2/c1-2-4-6-5(8-6)3-7-4/h4,6H,2-3H2,1H3/q-1. The summed E-state index contributed by atoms with van der Waals surface area (Å²) < 4.78 is 6.21. The van der Waals surface area contributed by atoms with E-state index < -0.39 is 0 Å². The van der Waals surface area contributed by atoms with Crippen LogP contribution in [0.15, 0.2) is 0 Å². The fourth-order valence-corrected chi connectivity index (χ4v) is 12.4. The van der Waals surface area contributed by atoms with Gasteiger partial charge in [-0.3, -0.25) is 0 Å². The molecule has 2 atom stereocenters. The van der Waals surface area contributed by atoms with E-state index in [4.69, 9.17) is 0 Å². The summed E-state index contributed by atoms with van der Waals surface area (Å²) >= 11 is 1.37. The molecule has 0 radical (unpaired) electrons. The second kappa shape index (κ2) is 2.18. The van der Waals surface area contributed by atoms with Gasteiger partial charge in [-0.2, -0.15) is 0 Å². The number of halogens is 2. The van der Waals surface area contributed by atoms with Crippen molar-refractivity contribution in [3.05, 3.63) is 0 Å². The molecule has 1 saturated heterocycles. The molecule has 0 N–H and O–H groups in total. The van der Waals surface area contributed by atoms with Crippen molar-refractivity contribution in [1.29, 1.82) is 0 Å². The van der Waals surface area contributed by atoms with Crippen molar-refractivity contribution in [2.24, 2.45) is 0 Å². The van der Waals surface area contributed by atoms with E-state index in [0.717, 1.165) is 0 Å². The molecule has 0 saturated carbocycles. The summed E-state index contributed by atoms with van der Waals surface area (Å²) in [6.45, 7) is 2.37. The Bertz CT molecular complexity index is 139. The summed E-state index contributed by atoms with van der Waals surface area (Å²) in [4.78, 5) is 0. The third kappa shape index (κ3) is 0.874. The van der Waals surface area contributed by atoms with Gasteiger partial charge in [-0.15, -0.1) is 0 Å². The normalized spacial score (nSPS) is 43.4. The number of rotatable bonds is 1. The molecular weight excluding hydrogens is 326 g/mol. The van der Waals surface area contributed by atoms with Crippen LogP contribution in [0.5, 0.6) is 0 Å². The molecule has 0 spiro atoms. The van der Waals surface area contributed by atoms with E-state index in [1.807, 2.05) is 3.51 Å². The summed E-state index contributed by atoms with van der Waals surface area (Å²) in [5, 5.41) is 0. The van der Waals surface area contributed by atoms with Crippen molar-refractivity contribution in [3.8, 4) is 0 Å². The quantitative estimate of drug-likeness (QED) is 0.400. The van der Waals surface area contributed by atoms with E-state index in [9.17, 15) is 0 Å². The van der Waals surface area contributed by atoms with Gasteiger partial charge in [-0.05, 0) is 0 Å². The van der Waals surface area contributed by atoms with Gasteiger partial charge < -0.3 is 0 Å². The molecule has 0 aromatic heterocycles. The van der Waals surface area contributed by atoms with E-state index in [0.29, 0.717) is 41.9 Å². The molecule has 2 unspecified atom stereocenters. The molecule has 8 heavy (non-hydrogen) atoms. The Balaban J connectivity index is 2.02. The van der Waals surface area contributed by atoms with Crippen LogP contribution in [0, 0.1) is 0 Å². The van der Waals surface area contributed by atoms with Gasteiger partial charge in [-0.25, -0.2) is 0 Å². The molecule has 0 aromatic rings. The third-order valence-corrected chi connectivity index (χ3v) is 11.9. The zero-order chi connectivity index (χ0) is 5.56. The van der Waals surface area contributed by atoms with Gasteiger partial charge in [0.2, 0.25) is 0 Å². The van der Waals surface area contributed by atoms with Gasteiger partial charge >= 0.3 is 71.1 Å². The van der Waals surface area contributed by atoms with Crippen LogP contribution in [0.2, 0.25) is 0 Å². The van der Waals surface area contributed by atoms with Crippen molar-refractivity contribution in [3.63, 3.8) is 0 Å². The molecule has 2 rings (SSSR count). The van der Waals surface area contributed by atoms with Gasteiger partial charge in [0.15, 0.2) is 0 Å². The molecule has 2 aliphatic rings. The molecule has 0 aliphatic carbocycles. The fraction of sp³-hybridized carbons (Fsp3) is 0.833. The average Bonchev–Trinajstić information content (AvgIpc) is 2.46. The SMILES string of the molecule is CCC1[I-]CC2=IC21. The van der Waals surface area contributed by atoms with Gasteiger partial charge in [0, 0.05) is 0 Å². The van der Waals surface area contributed by atoms with Gasteiger partial charge in [0.05, 0.1) is 0 Å². The molecule has 2 heterocycles. The maximum atomic E-state index is 2.37. The van der Waals surface area contributed by atoms with Crippen LogP contribution in [0.25, 0.3) is 0 Å². The Morgan fingerprint density at radius 3 is 3.00 bits per heavy atom. The molecule has 0 aromatic carbocycles. The van der Waals surface area contributed by atoms with Crippen molar-refractivity contribution >= 4 is 24.2 Å². The minimum atomic E-state index is 0.676. The van der Waals surface area contributed by atoms with E-state index in [1.165, 1.54) is 14.3 Å². The molecule has 0 nitrogen and oxygen atoms in total. The molecular formula is C6H9I2-. The molecule has 2 heteroatoms. The van der Waals surface area contributed by atoms with Crippen LogP contribution in [0.3, 0.4) is 0 Å². The van der Waals surface area contributed by atoms with E-state index in [1.54, 1.807) is 4.43 Å². The van der Waals surface area contributed by atoms with Gasteiger partial charge in [-0.1, -0.05) is 0 Å². The number of hydrogen-bond acceptors (Lipinski definition) is 0. The summed E-state index contributed by atoms with van der Waals surface area (Å²) in [6.07, 6.45) is 1.50. The Morgan fingerprint density at radius 1 is 1.88 bits per heavy atom. The molecule has 0 bridgehead atoms. The first-order chi connectivity index (χ1) is 3.92. The Hall–Kier alpha value is 1.33. The molecule has 48 valence electrons. The Labute approximate surface area is 70.4 Å². The predicted octanol–water partition coefficient (Wildman–Crippen LogP) is -1.61. The first-order valence-corrected chi connectivity index (χ1v) is 8.08. The zero-order valence-corrected chi connectivity index (χ0v) is 9.14. The van der Waals surface area contributed by atoms with Gasteiger partial charge in [0.25, 0.3) is 0 Å². The maximum absolute atomic E-state index is 2.37. The second-order valence-corrected chi connectivity index (χ2v) is 8.76. The van der Waals surface area contributed by atoms with Crippen molar-refractivity contribution in [1.82, 2.24) is 0 Å². The molecule has 1 fully saturated rings. The Kier molecular flexibility index (Phi) is 1.65. The predicted molar refractivity (Wildman–Crippen MR) is 41.8 cm³/mol. The molecule has 0 amide bonds. The third-order valence-electron chi connectivity index (χ3n) is 1.62. The fourth-order valence-electron chi connectivity index (χ4n) is 1.05. The van der Waals surface area contributed by atoms with Crippen LogP contribution in [0.4, 0.5) is 0 Å². The van der Waals surface area contributed by atoms with Crippen LogP contribution in [-0.4, -0.2) is 15.8 Å². The van der Waals surface area contributed by atoms with E-state index in [2.05, 4.69) is 6.92 Å². The first-order valence-electron chi connectivity index (χ1n) is 2.98. The zero-order valence-electron chi connectivity index (χ0n) is 4.82. The van der Waals surface area contributed by atoms with Crippen LogP contribution < -0.4 is 21.2 Å². The van der Waals surface area contributed by atoms with Crippen molar-refractivity contribution in [2.45, 2.75) is 21.2 Å². The summed E-state index contributed by atoms with van der Waals surface area (Å²) in [7, 11) is 0. The van der Waals surface area contributed by atoms with E-state index >= 15 is 0 Å². The topological polar surface area (TPSA) is 0 Å². The average molecular weight is 335 g/mol.